The van der Waals surface area contributed by atoms with Gasteiger partial charge in [0.1, 0.15) is 11.9 Å². The molecule has 0 fully saturated rings. The van der Waals surface area contributed by atoms with Crippen LogP contribution in [0.15, 0.2) is 59.7 Å². The number of aromatic nitrogens is 3. The van der Waals surface area contributed by atoms with Crippen molar-refractivity contribution in [3.05, 3.63) is 82.0 Å². The van der Waals surface area contributed by atoms with Crippen molar-refractivity contribution in [1.82, 2.24) is 19.2 Å². The zero-order chi connectivity index (χ0) is 24.4. The number of nitrogens with zero attached hydrogens (tertiary/aromatic N) is 4. The molecule has 1 amide bonds. The summed E-state index contributed by atoms with van der Waals surface area (Å²) < 4.78 is 46.0. The molecule has 0 spiro atoms. The zero-order valence-corrected chi connectivity index (χ0v) is 18.8. The molecule has 0 saturated carbocycles. The average Bonchev–Trinajstić information content (AvgIpc) is 3.07. The number of halogens is 3. The quantitative estimate of drug-likeness (QED) is 0.561. The van der Waals surface area contributed by atoms with Gasteiger partial charge in [-0.1, -0.05) is 24.3 Å². The van der Waals surface area contributed by atoms with Gasteiger partial charge in [0, 0.05) is 13.6 Å². The van der Waals surface area contributed by atoms with E-state index in [0.717, 1.165) is 17.7 Å². The molecule has 0 atom stereocenters. The summed E-state index contributed by atoms with van der Waals surface area (Å²) in [6, 6.07) is 11.6. The highest BCUT2D eigenvalue weighted by Gasteiger charge is 2.30. The summed E-state index contributed by atoms with van der Waals surface area (Å²) in [7, 11) is 1.64. The SMILES string of the molecule is CN(Cc1ccc(-n2cnn(Cc3ccc(C(F)(F)F)cc3)c2=O)cc1)C(=O)OC(C)(C)C. The van der Waals surface area contributed by atoms with Gasteiger partial charge in [-0.25, -0.2) is 18.8 Å². The van der Waals surface area contributed by atoms with E-state index >= 15 is 0 Å². The molecule has 0 radical (unpaired) electrons. The molecule has 2 aromatic carbocycles. The first kappa shape index (κ1) is 24.1. The van der Waals surface area contributed by atoms with Crippen LogP contribution in [0.5, 0.6) is 0 Å². The lowest BCUT2D eigenvalue weighted by molar-refractivity contribution is -0.137. The Kier molecular flexibility index (Phi) is 6.66. The maximum absolute atomic E-state index is 12.7. The lowest BCUT2D eigenvalue weighted by atomic mass is 10.1. The van der Waals surface area contributed by atoms with Crippen molar-refractivity contribution < 1.29 is 22.7 Å². The van der Waals surface area contributed by atoms with Gasteiger partial charge < -0.3 is 9.64 Å². The number of amides is 1. The van der Waals surface area contributed by atoms with Gasteiger partial charge >= 0.3 is 18.0 Å². The Balaban J connectivity index is 1.69. The van der Waals surface area contributed by atoms with E-state index in [1.807, 2.05) is 0 Å². The van der Waals surface area contributed by atoms with Crippen molar-refractivity contribution in [1.29, 1.82) is 0 Å². The molecular weight excluding hydrogens is 437 g/mol. The fraction of sp³-hybridized carbons (Fsp3) is 0.348. The summed E-state index contributed by atoms with van der Waals surface area (Å²) in [6.07, 6.45) is -3.49. The lowest BCUT2D eigenvalue weighted by Crippen LogP contribution is -2.33. The number of carbonyl (C=O) groups excluding carboxylic acids is 1. The summed E-state index contributed by atoms with van der Waals surface area (Å²) in [5.74, 6) is 0. The van der Waals surface area contributed by atoms with Gasteiger partial charge in [-0.15, -0.1) is 0 Å². The highest BCUT2D eigenvalue weighted by Crippen LogP contribution is 2.29. The van der Waals surface area contributed by atoms with E-state index in [9.17, 15) is 22.8 Å². The number of hydrogen-bond acceptors (Lipinski definition) is 4. The molecule has 0 aliphatic heterocycles. The second-order valence-electron chi connectivity index (χ2n) is 8.64. The molecule has 0 saturated heterocycles. The van der Waals surface area contributed by atoms with Gasteiger partial charge in [0.05, 0.1) is 17.8 Å². The van der Waals surface area contributed by atoms with E-state index in [1.165, 1.54) is 32.6 Å². The van der Waals surface area contributed by atoms with Crippen LogP contribution in [0.1, 0.15) is 37.5 Å². The molecule has 1 aromatic heterocycles. The topological polar surface area (TPSA) is 69.4 Å². The van der Waals surface area contributed by atoms with Crippen LogP contribution >= 0.6 is 0 Å². The molecule has 33 heavy (non-hydrogen) atoms. The number of carbonyl (C=O) groups is 1. The van der Waals surface area contributed by atoms with Crippen LogP contribution in [0.4, 0.5) is 18.0 Å². The van der Waals surface area contributed by atoms with Crippen LogP contribution in [0, 0.1) is 0 Å². The van der Waals surface area contributed by atoms with Gasteiger partial charge in [-0.3, -0.25) is 0 Å². The molecule has 0 bridgehead atoms. The molecule has 0 unspecified atom stereocenters. The third kappa shape index (κ3) is 6.24. The molecule has 0 aliphatic carbocycles. The summed E-state index contributed by atoms with van der Waals surface area (Å²) in [5.41, 5.74) is 0.183. The summed E-state index contributed by atoms with van der Waals surface area (Å²) >= 11 is 0. The van der Waals surface area contributed by atoms with Crippen LogP contribution in [0.2, 0.25) is 0 Å². The van der Waals surface area contributed by atoms with E-state index in [1.54, 1.807) is 52.1 Å². The van der Waals surface area contributed by atoms with Crippen molar-refractivity contribution in [3.8, 4) is 5.69 Å². The number of benzene rings is 2. The maximum atomic E-state index is 12.7. The highest BCUT2D eigenvalue weighted by atomic mass is 19.4. The summed E-state index contributed by atoms with van der Waals surface area (Å²) in [6.45, 7) is 5.76. The molecule has 10 heteroatoms. The van der Waals surface area contributed by atoms with E-state index in [4.69, 9.17) is 4.74 Å². The Labute approximate surface area is 189 Å². The number of ether oxygens (including phenoxy) is 1. The molecule has 3 rings (SSSR count). The summed E-state index contributed by atoms with van der Waals surface area (Å²) in [4.78, 5) is 26.3. The maximum Gasteiger partial charge on any atom is 0.416 e. The highest BCUT2D eigenvalue weighted by molar-refractivity contribution is 5.67. The smallest absolute Gasteiger partial charge is 0.416 e. The predicted molar refractivity (Wildman–Crippen MR) is 116 cm³/mol. The Morgan fingerprint density at radius 3 is 2.12 bits per heavy atom. The van der Waals surface area contributed by atoms with Gasteiger partial charge in [0.2, 0.25) is 0 Å². The monoisotopic (exact) mass is 462 g/mol. The van der Waals surface area contributed by atoms with Crippen molar-refractivity contribution >= 4 is 6.09 Å². The van der Waals surface area contributed by atoms with E-state index in [-0.39, 0.29) is 6.54 Å². The van der Waals surface area contributed by atoms with Gasteiger partial charge in [0.15, 0.2) is 0 Å². The van der Waals surface area contributed by atoms with Crippen LogP contribution in [-0.4, -0.2) is 38.0 Å². The largest absolute Gasteiger partial charge is 0.444 e. The normalized spacial score (nSPS) is 12.0. The minimum Gasteiger partial charge on any atom is -0.444 e. The first-order chi connectivity index (χ1) is 15.3. The fourth-order valence-electron chi connectivity index (χ4n) is 3.03. The Morgan fingerprint density at radius 2 is 1.58 bits per heavy atom. The first-order valence-corrected chi connectivity index (χ1v) is 10.2. The predicted octanol–water partition coefficient (Wildman–Crippen LogP) is 4.47. The van der Waals surface area contributed by atoms with Crippen LogP contribution in [0.3, 0.4) is 0 Å². The van der Waals surface area contributed by atoms with Crippen molar-refractivity contribution in [2.75, 3.05) is 7.05 Å². The number of rotatable bonds is 5. The van der Waals surface area contributed by atoms with E-state index in [2.05, 4.69) is 5.10 Å². The molecule has 3 aromatic rings. The van der Waals surface area contributed by atoms with Crippen LogP contribution < -0.4 is 5.69 Å². The molecule has 7 nitrogen and oxygen atoms in total. The van der Waals surface area contributed by atoms with Gasteiger partial charge in [-0.2, -0.15) is 18.3 Å². The van der Waals surface area contributed by atoms with Crippen LogP contribution in [-0.2, 0) is 24.0 Å². The van der Waals surface area contributed by atoms with Crippen LogP contribution in [0.25, 0.3) is 5.69 Å². The Bertz CT molecular complexity index is 1160. The lowest BCUT2D eigenvalue weighted by Gasteiger charge is -2.24. The standard InChI is InChI=1S/C23H25F3N4O3/c1-22(2,3)33-21(32)28(4)13-16-7-11-19(12-8-16)29-15-27-30(20(29)31)14-17-5-9-18(10-6-17)23(24,25)26/h5-12,15H,13-14H2,1-4H3. The fourth-order valence-corrected chi connectivity index (χ4v) is 3.03. The van der Waals surface area contributed by atoms with Crippen molar-refractivity contribution in [3.63, 3.8) is 0 Å². The second kappa shape index (κ2) is 9.13. The van der Waals surface area contributed by atoms with Crippen molar-refractivity contribution in [2.24, 2.45) is 0 Å². The van der Waals surface area contributed by atoms with Gasteiger partial charge in [-0.05, 0) is 56.2 Å². The van der Waals surface area contributed by atoms with Gasteiger partial charge in [0.25, 0.3) is 0 Å². The second-order valence-corrected chi connectivity index (χ2v) is 8.64. The molecular formula is C23H25F3N4O3. The first-order valence-electron chi connectivity index (χ1n) is 10.2. The number of alkyl halides is 3. The molecule has 0 aliphatic rings. The summed E-state index contributed by atoms with van der Waals surface area (Å²) in [5, 5.41) is 4.06. The third-order valence-electron chi connectivity index (χ3n) is 4.69. The molecule has 1 heterocycles. The Morgan fingerprint density at radius 1 is 1.00 bits per heavy atom. The zero-order valence-electron chi connectivity index (χ0n) is 18.8. The van der Waals surface area contributed by atoms with E-state index in [0.29, 0.717) is 17.8 Å². The average molecular weight is 462 g/mol. The minimum absolute atomic E-state index is 0.0444. The Hall–Kier alpha value is -3.56. The molecule has 176 valence electrons. The minimum atomic E-state index is -4.41. The van der Waals surface area contributed by atoms with Crippen molar-refractivity contribution in [2.45, 2.75) is 45.6 Å². The third-order valence-corrected chi connectivity index (χ3v) is 4.69. The van der Waals surface area contributed by atoms with E-state index < -0.39 is 29.1 Å². The molecule has 0 N–H and O–H groups in total. The number of hydrogen-bond donors (Lipinski definition) is 0.